The van der Waals surface area contributed by atoms with E-state index >= 15 is 0 Å². The van der Waals surface area contributed by atoms with Crippen molar-refractivity contribution in [2.24, 2.45) is 11.7 Å². The van der Waals surface area contributed by atoms with Crippen molar-refractivity contribution in [2.45, 2.75) is 40.4 Å². The number of nitrogens with two attached hydrogens (primary N) is 1. The number of imidazole rings is 1. The molecule has 1 unspecified atom stereocenters. The highest BCUT2D eigenvalue weighted by Gasteiger charge is 2.28. The van der Waals surface area contributed by atoms with E-state index in [4.69, 9.17) is 5.73 Å². The molecule has 2 aromatic rings. The van der Waals surface area contributed by atoms with Crippen LogP contribution in [-0.4, -0.2) is 47.6 Å². The second-order valence-corrected chi connectivity index (χ2v) is 6.12. The Labute approximate surface area is 139 Å². The molecule has 24 heavy (non-hydrogen) atoms. The smallest absolute Gasteiger partial charge is 0.266 e. The van der Waals surface area contributed by atoms with Crippen molar-refractivity contribution in [1.82, 2.24) is 29.2 Å². The van der Waals surface area contributed by atoms with E-state index in [2.05, 4.69) is 15.1 Å². The molecule has 128 valence electrons. The summed E-state index contributed by atoms with van der Waals surface area (Å²) in [4.78, 5) is 34.3. The summed E-state index contributed by atoms with van der Waals surface area (Å²) >= 11 is 0. The van der Waals surface area contributed by atoms with Gasteiger partial charge in [-0.15, -0.1) is 0 Å². The fraction of sp³-hybridized carbons (Fsp3) is 0.533. The molecule has 9 heteroatoms. The van der Waals surface area contributed by atoms with Crippen LogP contribution in [0.15, 0.2) is 6.20 Å². The van der Waals surface area contributed by atoms with Crippen LogP contribution in [0.1, 0.15) is 34.9 Å². The second-order valence-electron chi connectivity index (χ2n) is 6.12. The Hall–Kier alpha value is -2.71. The number of hydrogen-bond donors (Lipinski definition) is 1. The van der Waals surface area contributed by atoms with Crippen molar-refractivity contribution in [1.29, 1.82) is 0 Å². The maximum atomic E-state index is 12.7. The quantitative estimate of drug-likeness (QED) is 0.838. The average Bonchev–Trinajstić information content (AvgIpc) is 3.09. The van der Waals surface area contributed by atoms with Crippen LogP contribution in [-0.2, 0) is 24.4 Å². The van der Waals surface area contributed by atoms with Crippen LogP contribution in [0.5, 0.6) is 0 Å². The van der Waals surface area contributed by atoms with Gasteiger partial charge in [-0.1, -0.05) is 6.92 Å². The number of hydrogen-bond acceptors (Lipinski definition) is 5. The number of carbonyl (C=O) groups is 2. The van der Waals surface area contributed by atoms with Crippen molar-refractivity contribution in [3.8, 4) is 0 Å². The Bertz CT molecular complexity index is 792. The van der Waals surface area contributed by atoms with Crippen LogP contribution in [0.4, 0.5) is 0 Å². The molecule has 0 aromatic carbocycles. The van der Waals surface area contributed by atoms with Gasteiger partial charge in [-0.3, -0.25) is 9.59 Å². The maximum absolute atomic E-state index is 12.7. The molecule has 2 N–H and O–H groups in total. The zero-order valence-corrected chi connectivity index (χ0v) is 14.1. The Morgan fingerprint density at radius 1 is 1.33 bits per heavy atom. The van der Waals surface area contributed by atoms with Crippen LogP contribution in [0.25, 0.3) is 0 Å². The van der Waals surface area contributed by atoms with Gasteiger partial charge in [0.15, 0.2) is 0 Å². The Kier molecular flexibility index (Phi) is 4.08. The van der Waals surface area contributed by atoms with Crippen molar-refractivity contribution < 1.29 is 9.59 Å². The SMILES string of the molecule is Cc1nc(C)n(CC(C)C(=O)N2CCn3c(C(N)=O)cnc3C2)n1. The van der Waals surface area contributed by atoms with Crippen molar-refractivity contribution in [3.63, 3.8) is 0 Å². The molecule has 1 aliphatic heterocycles. The maximum Gasteiger partial charge on any atom is 0.266 e. The second kappa shape index (κ2) is 6.06. The van der Waals surface area contributed by atoms with Gasteiger partial charge in [0.1, 0.15) is 23.2 Å². The number of aromatic nitrogens is 5. The van der Waals surface area contributed by atoms with E-state index in [-0.39, 0.29) is 11.8 Å². The van der Waals surface area contributed by atoms with E-state index in [0.717, 1.165) is 5.82 Å². The monoisotopic (exact) mass is 331 g/mol. The minimum atomic E-state index is -0.501. The average molecular weight is 331 g/mol. The number of carbonyl (C=O) groups excluding carboxylic acids is 2. The van der Waals surface area contributed by atoms with Gasteiger partial charge in [0.2, 0.25) is 5.91 Å². The van der Waals surface area contributed by atoms with Crippen molar-refractivity contribution >= 4 is 11.8 Å². The third-order valence-corrected chi connectivity index (χ3v) is 4.26. The standard InChI is InChI=1S/C15H21N7O2/c1-9(7-22-11(3)18-10(2)19-22)15(24)20-4-5-21-12(14(16)23)6-17-13(21)8-20/h6,9H,4-5,7-8H2,1-3H3,(H2,16,23). The minimum absolute atomic E-state index is 0.0393. The highest BCUT2D eigenvalue weighted by atomic mass is 16.2. The Morgan fingerprint density at radius 2 is 2.08 bits per heavy atom. The predicted octanol–water partition coefficient (Wildman–Crippen LogP) is -0.131. The zero-order valence-electron chi connectivity index (χ0n) is 14.1. The fourth-order valence-electron chi connectivity index (χ4n) is 3.03. The summed E-state index contributed by atoms with van der Waals surface area (Å²) < 4.78 is 3.54. The fourth-order valence-corrected chi connectivity index (χ4v) is 3.03. The highest BCUT2D eigenvalue weighted by Crippen LogP contribution is 2.17. The molecule has 0 saturated heterocycles. The lowest BCUT2D eigenvalue weighted by molar-refractivity contribution is -0.137. The first kappa shape index (κ1) is 16.2. The summed E-state index contributed by atoms with van der Waals surface area (Å²) in [6.45, 7) is 7.51. The molecule has 2 amide bonds. The lowest BCUT2D eigenvalue weighted by Crippen LogP contribution is -2.42. The van der Waals surface area contributed by atoms with E-state index < -0.39 is 5.91 Å². The summed E-state index contributed by atoms with van der Waals surface area (Å²) in [6, 6.07) is 0. The molecule has 9 nitrogen and oxygen atoms in total. The van der Waals surface area contributed by atoms with Gasteiger partial charge in [-0.25, -0.2) is 14.6 Å². The van der Waals surface area contributed by atoms with E-state index in [1.807, 2.05) is 20.8 Å². The molecule has 2 aromatic heterocycles. The van der Waals surface area contributed by atoms with E-state index in [0.29, 0.717) is 43.5 Å². The molecule has 3 rings (SSSR count). The molecule has 3 heterocycles. The van der Waals surface area contributed by atoms with E-state index in [1.54, 1.807) is 14.1 Å². The molecule has 1 aliphatic rings. The summed E-state index contributed by atoms with van der Waals surface area (Å²) in [5.41, 5.74) is 5.72. The lowest BCUT2D eigenvalue weighted by atomic mass is 10.1. The number of primary amides is 1. The molecular formula is C15H21N7O2. The first-order chi connectivity index (χ1) is 11.4. The molecule has 0 fully saturated rings. The number of rotatable bonds is 4. The number of nitrogens with zero attached hydrogens (tertiary/aromatic N) is 6. The van der Waals surface area contributed by atoms with Gasteiger partial charge in [0.25, 0.3) is 5.91 Å². The van der Waals surface area contributed by atoms with Crippen molar-refractivity contribution in [2.75, 3.05) is 6.54 Å². The summed E-state index contributed by atoms with van der Waals surface area (Å²) in [6.07, 6.45) is 1.47. The third kappa shape index (κ3) is 2.89. The van der Waals surface area contributed by atoms with Gasteiger partial charge in [0.05, 0.1) is 25.2 Å². The Morgan fingerprint density at radius 3 is 2.71 bits per heavy atom. The molecule has 0 saturated carbocycles. The molecule has 1 atom stereocenters. The van der Waals surface area contributed by atoms with Crippen LogP contribution < -0.4 is 5.73 Å². The third-order valence-electron chi connectivity index (χ3n) is 4.26. The van der Waals surface area contributed by atoms with E-state index in [9.17, 15) is 9.59 Å². The first-order valence-electron chi connectivity index (χ1n) is 7.88. The summed E-state index contributed by atoms with van der Waals surface area (Å²) in [7, 11) is 0. The van der Waals surface area contributed by atoms with Crippen LogP contribution >= 0.6 is 0 Å². The number of fused-ring (bicyclic) bond motifs is 1. The largest absolute Gasteiger partial charge is 0.364 e. The van der Waals surface area contributed by atoms with Gasteiger partial charge in [-0.05, 0) is 13.8 Å². The minimum Gasteiger partial charge on any atom is -0.364 e. The van der Waals surface area contributed by atoms with Crippen LogP contribution in [0.2, 0.25) is 0 Å². The number of amides is 2. The van der Waals surface area contributed by atoms with Crippen molar-refractivity contribution in [3.05, 3.63) is 29.4 Å². The molecule has 0 bridgehead atoms. The molecule has 0 aliphatic carbocycles. The normalized spacial score (nSPS) is 15.2. The van der Waals surface area contributed by atoms with Gasteiger partial charge in [-0.2, -0.15) is 5.10 Å². The van der Waals surface area contributed by atoms with Crippen LogP contribution in [0, 0.1) is 19.8 Å². The van der Waals surface area contributed by atoms with Gasteiger partial charge < -0.3 is 15.2 Å². The zero-order chi connectivity index (χ0) is 17.4. The molecule has 0 spiro atoms. The predicted molar refractivity (Wildman–Crippen MR) is 84.8 cm³/mol. The topological polar surface area (TPSA) is 112 Å². The lowest BCUT2D eigenvalue weighted by Gasteiger charge is -2.30. The summed E-state index contributed by atoms with van der Waals surface area (Å²) in [5, 5.41) is 4.30. The highest BCUT2D eigenvalue weighted by molar-refractivity contribution is 5.91. The molecular weight excluding hydrogens is 310 g/mol. The summed E-state index contributed by atoms with van der Waals surface area (Å²) in [5.74, 6) is 1.50. The first-order valence-corrected chi connectivity index (χ1v) is 7.88. The van der Waals surface area contributed by atoms with Gasteiger partial charge in [0, 0.05) is 13.1 Å². The Balaban J connectivity index is 1.69. The number of aryl methyl sites for hydroxylation is 2. The van der Waals surface area contributed by atoms with Gasteiger partial charge >= 0.3 is 0 Å². The molecule has 0 radical (unpaired) electrons. The van der Waals surface area contributed by atoms with E-state index in [1.165, 1.54) is 6.20 Å². The van der Waals surface area contributed by atoms with Crippen LogP contribution in [0.3, 0.4) is 0 Å².